The lowest BCUT2D eigenvalue weighted by atomic mass is 10.0. The second kappa shape index (κ2) is 6.12. The van der Waals surface area contributed by atoms with Gasteiger partial charge in [-0.2, -0.15) is 0 Å². The van der Waals surface area contributed by atoms with Crippen molar-refractivity contribution in [2.45, 2.75) is 19.8 Å². The van der Waals surface area contributed by atoms with E-state index in [1.165, 1.54) is 6.92 Å². The molecule has 0 radical (unpaired) electrons. The Morgan fingerprint density at radius 1 is 1.09 bits per heavy atom. The topological polar surface area (TPSA) is 75.7 Å². The van der Waals surface area contributed by atoms with Crippen molar-refractivity contribution in [3.05, 3.63) is 29.8 Å². The molecule has 0 aromatic heterocycles. The molecule has 2 aliphatic rings. The Hall–Kier alpha value is -2.21. The van der Waals surface area contributed by atoms with E-state index in [0.717, 1.165) is 0 Å². The van der Waals surface area contributed by atoms with Crippen molar-refractivity contribution in [2.24, 2.45) is 5.41 Å². The fourth-order valence-corrected chi connectivity index (χ4v) is 2.77. The maximum Gasteiger partial charge on any atom is 0.240 e. The number of morpholine rings is 1. The number of rotatable bonds is 4. The van der Waals surface area contributed by atoms with Crippen LogP contribution in [0.5, 0.6) is 0 Å². The third kappa shape index (κ3) is 3.12. The molecular formula is C17H20N2O4. The van der Waals surface area contributed by atoms with Gasteiger partial charge in [-0.15, -0.1) is 0 Å². The van der Waals surface area contributed by atoms with Crippen LogP contribution in [0.25, 0.3) is 0 Å². The first-order valence-electron chi connectivity index (χ1n) is 7.82. The number of nitrogens with zero attached hydrogens (tertiary/aromatic N) is 1. The Morgan fingerprint density at radius 2 is 1.70 bits per heavy atom. The lowest BCUT2D eigenvalue weighted by Gasteiger charge is -2.30. The first-order chi connectivity index (χ1) is 11.0. The van der Waals surface area contributed by atoms with Gasteiger partial charge in [-0.3, -0.25) is 14.4 Å². The van der Waals surface area contributed by atoms with Crippen molar-refractivity contribution < 1.29 is 19.1 Å². The minimum Gasteiger partial charge on any atom is -0.378 e. The molecule has 1 saturated carbocycles. The summed E-state index contributed by atoms with van der Waals surface area (Å²) in [5.74, 6) is -0.382. The zero-order valence-corrected chi connectivity index (χ0v) is 13.1. The Labute approximate surface area is 134 Å². The van der Waals surface area contributed by atoms with Crippen LogP contribution in [0.2, 0.25) is 0 Å². The van der Waals surface area contributed by atoms with Crippen molar-refractivity contribution in [3.63, 3.8) is 0 Å². The maximum absolute atomic E-state index is 12.6. The summed E-state index contributed by atoms with van der Waals surface area (Å²) in [4.78, 5) is 38.1. The normalized spacial score (nSPS) is 19.1. The molecule has 0 unspecified atom stereocenters. The highest BCUT2D eigenvalue weighted by Crippen LogP contribution is 2.48. The highest BCUT2D eigenvalue weighted by atomic mass is 16.5. The SMILES string of the molecule is CC(=O)c1ccc(NC(=O)C2(C(=O)N3CCOCC3)CC2)cc1. The van der Waals surface area contributed by atoms with Gasteiger partial charge in [0.1, 0.15) is 5.41 Å². The number of benzene rings is 1. The van der Waals surface area contributed by atoms with Crippen LogP contribution in [0, 0.1) is 5.41 Å². The summed E-state index contributed by atoms with van der Waals surface area (Å²) in [6.45, 7) is 3.63. The molecule has 122 valence electrons. The van der Waals surface area contributed by atoms with Gasteiger partial charge in [-0.1, -0.05) is 0 Å². The van der Waals surface area contributed by atoms with E-state index in [9.17, 15) is 14.4 Å². The average Bonchev–Trinajstić information content (AvgIpc) is 3.37. The van der Waals surface area contributed by atoms with E-state index in [0.29, 0.717) is 50.4 Å². The van der Waals surface area contributed by atoms with Gasteiger partial charge in [0.2, 0.25) is 11.8 Å². The smallest absolute Gasteiger partial charge is 0.240 e. The molecule has 6 heteroatoms. The third-order valence-electron chi connectivity index (χ3n) is 4.44. The van der Waals surface area contributed by atoms with Crippen molar-refractivity contribution in [1.29, 1.82) is 0 Å². The molecule has 0 spiro atoms. The lowest BCUT2D eigenvalue weighted by Crippen LogP contribution is -2.47. The zero-order valence-electron chi connectivity index (χ0n) is 13.1. The Balaban J connectivity index is 1.67. The predicted octanol–water partition coefficient (Wildman–Crippen LogP) is 1.47. The van der Waals surface area contributed by atoms with Gasteiger partial charge < -0.3 is 15.0 Å². The second-order valence-corrected chi connectivity index (χ2v) is 6.07. The molecule has 3 rings (SSSR count). The number of hydrogen-bond donors (Lipinski definition) is 1. The van der Waals surface area contributed by atoms with Crippen LogP contribution in [0.1, 0.15) is 30.1 Å². The van der Waals surface area contributed by atoms with E-state index in [-0.39, 0.29) is 17.6 Å². The Morgan fingerprint density at radius 3 is 2.22 bits per heavy atom. The molecule has 2 amide bonds. The number of carbonyl (C=O) groups is 3. The number of anilines is 1. The molecule has 0 atom stereocenters. The van der Waals surface area contributed by atoms with Gasteiger partial charge in [0.25, 0.3) is 0 Å². The largest absolute Gasteiger partial charge is 0.378 e. The zero-order chi connectivity index (χ0) is 16.4. The van der Waals surface area contributed by atoms with E-state index >= 15 is 0 Å². The molecule has 2 fully saturated rings. The molecule has 23 heavy (non-hydrogen) atoms. The van der Waals surface area contributed by atoms with Crippen LogP contribution in [0.3, 0.4) is 0 Å². The molecule has 1 heterocycles. The molecular weight excluding hydrogens is 296 g/mol. The average molecular weight is 316 g/mol. The van der Waals surface area contributed by atoms with Crippen molar-refractivity contribution in [2.75, 3.05) is 31.6 Å². The minimum absolute atomic E-state index is 0.0240. The fourth-order valence-electron chi connectivity index (χ4n) is 2.77. The van der Waals surface area contributed by atoms with Crippen LogP contribution in [0.4, 0.5) is 5.69 Å². The molecule has 1 aromatic carbocycles. The van der Waals surface area contributed by atoms with Gasteiger partial charge in [0.15, 0.2) is 5.78 Å². The van der Waals surface area contributed by atoms with E-state index in [1.807, 2.05) is 0 Å². The van der Waals surface area contributed by atoms with Crippen molar-refractivity contribution in [3.8, 4) is 0 Å². The number of ether oxygens (including phenoxy) is 1. The van der Waals surface area contributed by atoms with Gasteiger partial charge in [-0.25, -0.2) is 0 Å². The second-order valence-electron chi connectivity index (χ2n) is 6.07. The number of Topliss-reactive ketones (excluding diaryl/α,β-unsaturated/α-hetero) is 1. The molecule has 1 aliphatic heterocycles. The highest BCUT2D eigenvalue weighted by molar-refractivity contribution is 6.13. The van der Waals surface area contributed by atoms with Gasteiger partial charge in [0.05, 0.1) is 13.2 Å². The standard InChI is InChI=1S/C17H20N2O4/c1-12(20)13-2-4-14(5-3-13)18-15(21)17(6-7-17)16(22)19-8-10-23-11-9-19/h2-5H,6-11H2,1H3,(H,18,21). The van der Waals surface area contributed by atoms with E-state index < -0.39 is 5.41 Å². The van der Waals surface area contributed by atoms with E-state index in [4.69, 9.17) is 4.74 Å². The molecule has 0 bridgehead atoms. The molecule has 1 saturated heterocycles. The number of ketones is 1. The van der Waals surface area contributed by atoms with Crippen LogP contribution >= 0.6 is 0 Å². The predicted molar refractivity (Wildman–Crippen MR) is 84.1 cm³/mol. The summed E-state index contributed by atoms with van der Waals surface area (Å²) in [6.07, 6.45) is 1.17. The van der Waals surface area contributed by atoms with Gasteiger partial charge >= 0.3 is 0 Å². The van der Waals surface area contributed by atoms with Gasteiger partial charge in [0, 0.05) is 24.3 Å². The Kier molecular flexibility index (Phi) is 4.17. The first-order valence-corrected chi connectivity index (χ1v) is 7.82. The monoisotopic (exact) mass is 316 g/mol. The summed E-state index contributed by atoms with van der Waals surface area (Å²) in [6, 6.07) is 6.70. The highest BCUT2D eigenvalue weighted by Gasteiger charge is 2.58. The summed E-state index contributed by atoms with van der Waals surface area (Å²) in [5, 5.41) is 2.80. The number of carbonyl (C=O) groups excluding carboxylic acids is 3. The summed E-state index contributed by atoms with van der Waals surface area (Å²) < 4.78 is 5.25. The van der Waals surface area contributed by atoms with Crippen LogP contribution < -0.4 is 5.32 Å². The third-order valence-corrected chi connectivity index (χ3v) is 4.44. The first kappa shape index (κ1) is 15.7. The van der Waals surface area contributed by atoms with Crippen molar-refractivity contribution in [1.82, 2.24) is 4.90 Å². The molecule has 1 N–H and O–H groups in total. The molecule has 1 aromatic rings. The molecule has 1 aliphatic carbocycles. The van der Waals surface area contributed by atoms with Gasteiger partial charge in [-0.05, 0) is 44.0 Å². The summed E-state index contributed by atoms with van der Waals surface area (Å²) in [5.41, 5.74) is 0.269. The molecule has 6 nitrogen and oxygen atoms in total. The lowest BCUT2D eigenvalue weighted by molar-refractivity contribution is -0.145. The fraction of sp³-hybridized carbons (Fsp3) is 0.471. The van der Waals surface area contributed by atoms with E-state index in [1.54, 1.807) is 29.2 Å². The minimum atomic E-state index is -0.920. The van der Waals surface area contributed by atoms with Crippen LogP contribution in [-0.4, -0.2) is 48.8 Å². The van der Waals surface area contributed by atoms with Crippen LogP contribution in [0.15, 0.2) is 24.3 Å². The number of amides is 2. The van der Waals surface area contributed by atoms with E-state index in [2.05, 4.69) is 5.32 Å². The quantitative estimate of drug-likeness (QED) is 0.674. The summed E-state index contributed by atoms with van der Waals surface area (Å²) >= 11 is 0. The maximum atomic E-state index is 12.6. The Bertz CT molecular complexity index is 628. The van der Waals surface area contributed by atoms with Crippen molar-refractivity contribution >= 4 is 23.3 Å². The number of nitrogens with one attached hydrogen (secondary N) is 1. The number of hydrogen-bond acceptors (Lipinski definition) is 4. The van der Waals surface area contributed by atoms with Crippen LogP contribution in [-0.2, 0) is 14.3 Å². The summed E-state index contributed by atoms with van der Waals surface area (Å²) in [7, 11) is 0.